The van der Waals surface area contributed by atoms with Crippen molar-refractivity contribution in [2.24, 2.45) is 0 Å². The number of carboxylic acids is 1. The van der Waals surface area contributed by atoms with E-state index in [0.717, 1.165) is 38.5 Å². The molecule has 0 rings (SSSR count). The number of ether oxygens (including phenoxy) is 1. The van der Waals surface area contributed by atoms with Crippen molar-refractivity contribution in [1.29, 1.82) is 0 Å². The quantitative estimate of drug-likeness (QED) is 0.224. The second-order valence-corrected chi connectivity index (χ2v) is 7.40. The molecule has 0 spiro atoms. The molecule has 1 atom stereocenters. The lowest BCUT2D eigenvalue weighted by Gasteiger charge is -2.21. The molecule has 0 heterocycles. The number of nitrogens with zero attached hydrogens (tertiary/aromatic N) is 1. The summed E-state index contributed by atoms with van der Waals surface area (Å²) in [5.41, 5.74) is 0. The van der Waals surface area contributed by atoms with Crippen LogP contribution in [-0.2, 0) is 9.53 Å². The third kappa shape index (κ3) is 13.4. The molecule has 0 aliphatic heterocycles. The van der Waals surface area contributed by atoms with E-state index in [0.29, 0.717) is 13.0 Å². The Hall–Kier alpha value is -0.300. The number of aliphatic carboxylic acids is 1. The molecule has 6 nitrogen and oxygen atoms in total. The number of carboxylic acid groups (broad SMARTS) is 1. The minimum atomic E-state index is -1.81. The van der Waals surface area contributed by atoms with Crippen LogP contribution in [0.4, 0.5) is 0 Å². The topological polar surface area (TPSA) is 89.7 Å². The summed E-state index contributed by atoms with van der Waals surface area (Å²) < 4.78 is 3.48. The molecule has 0 aromatic rings. The third-order valence-electron chi connectivity index (χ3n) is 3.03. The van der Waals surface area contributed by atoms with Gasteiger partial charge in [0.25, 0.3) is 0 Å². The van der Waals surface area contributed by atoms with Crippen molar-refractivity contribution < 1.29 is 19.6 Å². The van der Waals surface area contributed by atoms with E-state index in [9.17, 15) is 14.9 Å². The second-order valence-electron chi connectivity index (χ2n) is 5.03. The summed E-state index contributed by atoms with van der Waals surface area (Å²) in [5.74, 6) is -0.754. The first kappa shape index (κ1) is 21.7. The van der Waals surface area contributed by atoms with Crippen molar-refractivity contribution in [2.75, 3.05) is 13.2 Å². The number of carbonyl (C=O) groups is 1. The molecular weight excluding hydrogens is 357 g/mol. The Kier molecular flexibility index (Phi) is 12.0. The molecule has 0 amide bonds. The van der Waals surface area contributed by atoms with E-state index in [1.54, 1.807) is 0 Å². The van der Waals surface area contributed by atoms with Gasteiger partial charge in [-0.3, -0.25) is 14.9 Å². The smallest absolute Gasteiger partial charge is 0.303 e. The van der Waals surface area contributed by atoms with E-state index in [1.807, 2.05) is 0 Å². The van der Waals surface area contributed by atoms with Crippen molar-refractivity contribution in [1.82, 2.24) is 0 Å². The summed E-state index contributed by atoms with van der Waals surface area (Å²) in [6.07, 6.45) is 5.50. The van der Waals surface area contributed by atoms with Crippen LogP contribution in [0, 0.1) is 10.1 Å². The van der Waals surface area contributed by atoms with Gasteiger partial charge in [-0.05, 0) is 12.8 Å². The van der Waals surface area contributed by atoms with Gasteiger partial charge in [0, 0.05) is 18.0 Å². The fourth-order valence-corrected chi connectivity index (χ4v) is 2.27. The van der Waals surface area contributed by atoms with Gasteiger partial charge in [0.2, 0.25) is 10.3 Å². The molecule has 9 heteroatoms. The van der Waals surface area contributed by atoms with E-state index in [4.69, 9.17) is 44.6 Å². The summed E-state index contributed by atoms with van der Waals surface area (Å²) >= 11 is 16.9. The molecule has 1 N–H and O–H groups in total. The van der Waals surface area contributed by atoms with E-state index in [1.165, 1.54) is 0 Å². The summed E-state index contributed by atoms with van der Waals surface area (Å²) in [5, 5.41) is 19.0. The van der Waals surface area contributed by atoms with Crippen LogP contribution in [0.25, 0.3) is 0 Å². The predicted octanol–water partition coefficient (Wildman–Crippen LogP) is 4.22. The van der Waals surface area contributed by atoms with Crippen LogP contribution < -0.4 is 0 Å². The Balaban J connectivity index is 3.58. The maximum absolute atomic E-state index is 10.5. The highest BCUT2D eigenvalue weighted by Gasteiger charge is 2.37. The van der Waals surface area contributed by atoms with Crippen molar-refractivity contribution >= 4 is 40.8 Å². The van der Waals surface area contributed by atoms with Gasteiger partial charge in [-0.15, -0.1) is 0 Å². The van der Waals surface area contributed by atoms with Crippen molar-refractivity contribution in [3.63, 3.8) is 0 Å². The number of halogens is 3. The highest BCUT2D eigenvalue weighted by Crippen LogP contribution is 2.32. The minimum absolute atomic E-state index is 0.225. The largest absolute Gasteiger partial charge is 0.481 e. The Morgan fingerprint density at radius 2 is 1.59 bits per heavy atom. The highest BCUT2D eigenvalue weighted by atomic mass is 35.6. The van der Waals surface area contributed by atoms with Crippen LogP contribution >= 0.6 is 34.8 Å². The first-order valence-corrected chi connectivity index (χ1v) is 8.38. The summed E-state index contributed by atoms with van der Waals surface area (Å²) in [4.78, 5) is 20.2. The van der Waals surface area contributed by atoms with Crippen LogP contribution in [0.1, 0.15) is 51.4 Å². The first-order valence-electron chi connectivity index (χ1n) is 7.25. The highest BCUT2D eigenvalue weighted by molar-refractivity contribution is 6.68. The van der Waals surface area contributed by atoms with Crippen LogP contribution in [0.3, 0.4) is 0 Å². The zero-order valence-corrected chi connectivity index (χ0v) is 14.6. The molecule has 0 fully saturated rings. The molecule has 0 aliphatic carbocycles. The van der Waals surface area contributed by atoms with E-state index >= 15 is 0 Å². The average molecular weight is 379 g/mol. The lowest BCUT2D eigenvalue weighted by molar-refractivity contribution is -0.491. The van der Waals surface area contributed by atoms with Gasteiger partial charge in [-0.25, -0.2) is 0 Å². The number of hydrogen-bond donors (Lipinski definition) is 1. The molecule has 1 unspecified atom stereocenters. The molecule has 22 heavy (non-hydrogen) atoms. The van der Waals surface area contributed by atoms with Crippen LogP contribution in [0.5, 0.6) is 0 Å². The Labute approximate surface area is 145 Å². The molecule has 0 saturated carbocycles. The number of unbranched alkanes of at least 4 members (excludes halogenated alkanes) is 6. The maximum Gasteiger partial charge on any atom is 0.303 e. The summed E-state index contributed by atoms with van der Waals surface area (Å²) in [6.45, 7) is -0.231. The summed E-state index contributed by atoms with van der Waals surface area (Å²) in [6, 6.07) is 0. The van der Waals surface area contributed by atoms with Gasteiger partial charge in [0.05, 0.1) is 0 Å². The zero-order valence-electron chi connectivity index (χ0n) is 12.3. The Morgan fingerprint density at radius 1 is 1.09 bits per heavy atom. The standard InChI is InChI=1S/C13H22Cl3NO5/c14-13(15,16)11(10-17(20)21)22-9-7-5-3-1-2-4-6-8-12(18)19/h11H,1-10H2,(H,18,19). The molecule has 0 aromatic carbocycles. The normalized spacial score (nSPS) is 13.0. The molecule has 0 bridgehead atoms. The fourth-order valence-electron chi connectivity index (χ4n) is 1.87. The molecule has 130 valence electrons. The van der Waals surface area contributed by atoms with Gasteiger partial charge < -0.3 is 9.84 Å². The van der Waals surface area contributed by atoms with Crippen LogP contribution in [0.2, 0.25) is 0 Å². The molecule has 0 saturated heterocycles. The number of nitro groups is 1. The Morgan fingerprint density at radius 3 is 2.05 bits per heavy atom. The van der Waals surface area contributed by atoms with Gasteiger partial charge in [0.15, 0.2) is 6.10 Å². The SMILES string of the molecule is O=C(O)CCCCCCCCCOC(C[N+](=O)[O-])C(Cl)(Cl)Cl. The van der Waals surface area contributed by atoms with Gasteiger partial charge in [-0.2, -0.15) is 0 Å². The minimum Gasteiger partial charge on any atom is -0.481 e. The number of alkyl halides is 3. The lowest BCUT2D eigenvalue weighted by Crippen LogP contribution is -2.35. The molecular formula is C13H22Cl3NO5. The lowest BCUT2D eigenvalue weighted by atomic mass is 10.1. The maximum atomic E-state index is 10.5. The van der Waals surface area contributed by atoms with E-state index < -0.39 is 27.3 Å². The van der Waals surface area contributed by atoms with Crippen molar-refractivity contribution in [2.45, 2.75) is 61.3 Å². The Bertz CT molecular complexity index is 336. The molecule has 0 aliphatic rings. The predicted molar refractivity (Wildman–Crippen MR) is 86.5 cm³/mol. The van der Waals surface area contributed by atoms with Gasteiger partial charge in [0.1, 0.15) is 0 Å². The van der Waals surface area contributed by atoms with Gasteiger partial charge >= 0.3 is 5.97 Å². The van der Waals surface area contributed by atoms with Crippen LogP contribution in [-0.4, -0.2) is 39.0 Å². The number of hydrogen-bond acceptors (Lipinski definition) is 4. The average Bonchev–Trinajstić information content (AvgIpc) is 2.37. The number of rotatable bonds is 13. The molecule has 0 radical (unpaired) electrons. The monoisotopic (exact) mass is 377 g/mol. The van der Waals surface area contributed by atoms with Crippen molar-refractivity contribution in [3.8, 4) is 0 Å². The molecule has 0 aromatic heterocycles. The first-order chi connectivity index (χ1) is 10.2. The summed E-state index contributed by atoms with van der Waals surface area (Å²) in [7, 11) is 0. The van der Waals surface area contributed by atoms with E-state index in [2.05, 4.69) is 0 Å². The third-order valence-corrected chi connectivity index (χ3v) is 3.76. The van der Waals surface area contributed by atoms with Gasteiger partial charge in [-0.1, -0.05) is 66.9 Å². The van der Waals surface area contributed by atoms with E-state index in [-0.39, 0.29) is 6.42 Å². The fraction of sp³-hybridized carbons (Fsp3) is 0.923. The van der Waals surface area contributed by atoms with Crippen molar-refractivity contribution in [3.05, 3.63) is 10.1 Å². The zero-order chi connectivity index (χ0) is 17.0. The second kappa shape index (κ2) is 12.2. The van der Waals surface area contributed by atoms with Crippen LogP contribution in [0.15, 0.2) is 0 Å².